The fourth-order valence-corrected chi connectivity index (χ4v) is 0.903. The third-order valence-corrected chi connectivity index (χ3v) is 1.27. The predicted molar refractivity (Wildman–Crippen MR) is 36.2 cm³/mol. The van der Waals surface area contributed by atoms with Crippen LogP contribution in [0, 0.1) is 0 Å². The Morgan fingerprint density at radius 3 is 1.62 bits per heavy atom. The lowest BCUT2D eigenvalue weighted by atomic mass is 10.5. The molecular weight excluding hydrogens is 172 g/mol. The minimum atomic E-state index is -0.130. The van der Waals surface area contributed by atoms with Crippen molar-refractivity contribution in [1.29, 1.82) is 0 Å². The van der Waals surface area contributed by atoms with Gasteiger partial charge in [-0.1, -0.05) is 15.9 Å². The van der Waals surface area contributed by atoms with Gasteiger partial charge in [0.15, 0.2) is 6.29 Å². The fraction of sp³-hybridized carbons (Fsp3) is 1.00. The van der Waals surface area contributed by atoms with Crippen molar-refractivity contribution < 1.29 is 9.47 Å². The van der Waals surface area contributed by atoms with Gasteiger partial charge >= 0.3 is 0 Å². The molecule has 0 fully saturated rings. The highest BCUT2D eigenvalue weighted by Gasteiger charge is 2.10. The number of rotatable bonds is 3. The van der Waals surface area contributed by atoms with E-state index in [4.69, 9.17) is 9.47 Å². The molecule has 50 valence electrons. The molecule has 0 aromatic rings. The molecule has 2 nitrogen and oxygen atoms in total. The van der Waals surface area contributed by atoms with E-state index in [0.717, 1.165) is 0 Å². The Hall–Kier alpha value is 0.400. The Bertz CT molecular complexity index is 52.4. The zero-order valence-corrected chi connectivity index (χ0v) is 6.94. The fourth-order valence-electron chi connectivity index (χ4n) is 0.471. The highest BCUT2D eigenvalue weighted by molar-refractivity contribution is 9.09. The topological polar surface area (TPSA) is 18.5 Å². The molecule has 8 heavy (non-hydrogen) atoms. The van der Waals surface area contributed by atoms with Crippen molar-refractivity contribution in [3.05, 3.63) is 0 Å². The standard InChI is InChI=1S/C5H11BrO2/c1-4(6)5(7-2)8-3/h4-5H,1-3H3/t4-/m1/s1. The highest BCUT2D eigenvalue weighted by Crippen LogP contribution is 2.07. The van der Waals surface area contributed by atoms with Crippen molar-refractivity contribution in [2.45, 2.75) is 18.0 Å². The third-order valence-electron chi connectivity index (χ3n) is 0.840. The second-order valence-electron chi connectivity index (χ2n) is 1.52. The summed E-state index contributed by atoms with van der Waals surface area (Å²) in [5.41, 5.74) is 0. The summed E-state index contributed by atoms with van der Waals surface area (Å²) in [6, 6.07) is 0. The lowest BCUT2D eigenvalue weighted by Gasteiger charge is -2.14. The van der Waals surface area contributed by atoms with Crippen LogP contribution in [0.1, 0.15) is 6.92 Å². The zero-order chi connectivity index (χ0) is 6.57. The Labute approximate surface area is 58.3 Å². The monoisotopic (exact) mass is 182 g/mol. The van der Waals surface area contributed by atoms with Crippen LogP contribution in [0.3, 0.4) is 0 Å². The number of methoxy groups -OCH3 is 2. The van der Waals surface area contributed by atoms with Crippen LogP contribution in [0.25, 0.3) is 0 Å². The van der Waals surface area contributed by atoms with E-state index in [1.54, 1.807) is 14.2 Å². The van der Waals surface area contributed by atoms with Gasteiger partial charge < -0.3 is 9.47 Å². The molecular formula is C5H11BrO2. The molecule has 3 heteroatoms. The first-order valence-electron chi connectivity index (χ1n) is 2.42. The van der Waals surface area contributed by atoms with Gasteiger partial charge in [-0.15, -0.1) is 0 Å². The minimum absolute atomic E-state index is 0.130. The van der Waals surface area contributed by atoms with Crippen molar-refractivity contribution in [2.24, 2.45) is 0 Å². The first-order chi connectivity index (χ1) is 3.72. The van der Waals surface area contributed by atoms with Crippen molar-refractivity contribution in [2.75, 3.05) is 14.2 Å². The van der Waals surface area contributed by atoms with Crippen molar-refractivity contribution in [3.63, 3.8) is 0 Å². The summed E-state index contributed by atoms with van der Waals surface area (Å²) < 4.78 is 9.78. The molecule has 0 rings (SSSR count). The van der Waals surface area contributed by atoms with Crippen LogP contribution in [0.15, 0.2) is 0 Å². The second-order valence-corrected chi connectivity index (χ2v) is 2.96. The molecule has 0 aromatic heterocycles. The first-order valence-corrected chi connectivity index (χ1v) is 3.33. The zero-order valence-electron chi connectivity index (χ0n) is 5.35. The number of hydrogen-bond acceptors (Lipinski definition) is 2. The molecule has 0 aliphatic heterocycles. The lowest BCUT2D eigenvalue weighted by Crippen LogP contribution is -2.21. The molecule has 0 unspecified atom stereocenters. The summed E-state index contributed by atoms with van der Waals surface area (Å²) in [6.07, 6.45) is -0.130. The SMILES string of the molecule is COC(OC)[C@@H](C)Br. The van der Waals surface area contributed by atoms with Crippen LogP contribution in [-0.4, -0.2) is 25.3 Å². The lowest BCUT2D eigenvalue weighted by molar-refractivity contribution is -0.0977. The van der Waals surface area contributed by atoms with Gasteiger partial charge in [0, 0.05) is 14.2 Å². The van der Waals surface area contributed by atoms with Gasteiger partial charge in [-0.25, -0.2) is 0 Å². The summed E-state index contributed by atoms with van der Waals surface area (Å²) in [5.74, 6) is 0. The van der Waals surface area contributed by atoms with Crippen LogP contribution in [0.5, 0.6) is 0 Å². The van der Waals surface area contributed by atoms with Gasteiger partial charge in [0.2, 0.25) is 0 Å². The van der Waals surface area contributed by atoms with Crippen molar-refractivity contribution in [3.8, 4) is 0 Å². The Morgan fingerprint density at radius 2 is 1.62 bits per heavy atom. The normalized spacial score (nSPS) is 14.6. The van der Waals surface area contributed by atoms with Gasteiger partial charge in [-0.05, 0) is 6.92 Å². The summed E-state index contributed by atoms with van der Waals surface area (Å²) in [7, 11) is 3.23. The largest absolute Gasteiger partial charge is 0.355 e. The minimum Gasteiger partial charge on any atom is -0.355 e. The smallest absolute Gasteiger partial charge is 0.168 e. The Kier molecular flexibility index (Phi) is 4.51. The van der Waals surface area contributed by atoms with Gasteiger partial charge in [-0.3, -0.25) is 0 Å². The molecule has 0 aliphatic carbocycles. The molecule has 0 saturated carbocycles. The summed E-state index contributed by atoms with van der Waals surface area (Å²) in [4.78, 5) is 0.248. The average molecular weight is 183 g/mol. The number of halogens is 1. The predicted octanol–water partition coefficient (Wildman–Crippen LogP) is 1.39. The van der Waals surface area contributed by atoms with E-state index in [-0.39, 0.29) is 11.1 Å². The van der Waals surface area contributed by atoms with Gasteiger partial charge in [0.1, 0.15) is 0 Å². The van der Waals surface area contributed by atoms with Gasteiger partial charge in [0.25, 0.3) is 0 Å². The molecule has 0 N–H and O–H groups in total. The molecule has 0 amide bonds. The molecule has 0 bridgehead atoms. The molecule has 0 aromatic carbocycles. The maximum atomic E-state index is 4.89. The second kappa shape index (κ2) is 4.30. The van der Waals surface area contributed by atoms with Gasteiger partial charge in [0.05, 0.1) is 4.83 Å². The van der Waals surface area contributed by atoms with Crippen LogP contribution in [0.2, 0.25) is 0 Å². The molecule has 0 radical (unpaired) electrons. The van der Waals surface area contributed by atoms with E-state index in [1.165, 1.54) is 0 Å². The van der Waals surface area contributed by atoms with E-state index < -0.39 is 0 Å². The Balaban J connectivity index is 3.35. The maximum absolute atomic E-state index is 4.89. The molecule has 0 heterocycles. The third kappa shape index (κ3) is 2.64. The van der Waals surface area contributed by atoms with E-state index in [0.29, 0.717) is 0 Å². The molecule has 0 spiro atoms. The van der Waals surface area contributed by atoms with Crippen LogP contribution >= 0.6 is 15.9 Å². The molecule has 0 saturated heterocycles. The van der Waals surface area contributed by atoms with E-state index in [2.05, 4.69) is 15.9 Å². The quantitative estimate of drug-likeness (QED) is 0.486. The van der Waals surface area contributed by atoms with Gasteiger partial charge in [-0.2, -0.15) is 0 Å². The van der Waals surface area contributed by atoms with E-state index in [1.807, 2.05) is 6.92 Å². The summed E-state index contributed by atoms with van der Waals surface area (Å²) >= 11 is 3.31. The van der Waals surface area contributed by atoms with E-state index >= 15 is 0 Å². The first kappa shape index (κ1) is 8.40. The summed E-state index contributed by atoms with van der Waals surface area (Å²) in [5, 5.41) is 0. The number of hydrogen-bond donors (Lipinski definition) is 0. The molecule has 1 atom stereocenters. The van der Waals surface area contributed by atoms with Crippen molar-refractivity contribution in [1.82, 2.24) is 0 Å². The maximum Gasteiger partial charge on any atom is 0.168 e. The van der Waals surface area contributed by atoms with Crippen LogP contribution in [0.4, 0.5) is 0 Å². The molecule has 0 aliphatic rings. The van der Waals surface area contributed by atoms with Crippen LogP contribution in [-0.2, 0) is 9.47 Å². The van der Waals surface area contributed by atoms with Crippen LogP contribution < -0.4 is 0 Å². The highest BCUT2D eigenvalue weighted by atomic mass is 79.9. The van der Waals surface area contributed by atoms with E-state index in [9.17, 15) is 0 Å². The van der Waals surface area contributed by atoms with Crippen molar-refractivity contribution >= 4 is 15.9 Å². The average Bonchev–Trinajstić information content (AvgIpc) is 1.69. The Morgan fingerprint density at radius 1 is 1.25 bits per heavy atom. The number of ether oxygens (including phenoxy) is 2. The number of alkyl halides is 1. The summed E-state index contributed by atoms with van der Waals surface area (Å²) in [6.45, 7) is 1.97.